The van der Waals surface area contributed by atoms with Crippen LogP contribution in [0, 0.1) is 11.8 Å². The quantitative estimate of drug-likeness (QED) is 0.791. The van der Waals surface area contributed by atoms with Gasteiger partial charge in [-0.05, 0) is 37.2 Å². The Kier molecular flexibility index (Phi) is 5.74. The molecule has 5 nitrogen and oxygen atoms in total. The number of nitrogens with zero attached hydrogens (tertiary/aromatic N) is 1. The van der Waals surface area contributed by atoms with Gasteiger partial charge in [0, 0.05) is 13.1 Å². The third-order valence-corrected chi connectivity index (χ3v) is 5.57. The highest BCUT2D eigenvalue weighted by Crippen LogP contribution is 2.44. The van der Waals surface area contributed by atoms with Gasteiger partial charge >= 0.3 is 12.1 Å². The van der Waals surface area contributed by atoms with E-state index in [0.717, 1.165) is 5.56 Å². The Morgan fingerprint density at radius 2 is 1.74 bits per heavy atom. The second kappa shape index (κ2) is 7.88. The summed E-state index contributed by atoms with van der Waals surface area (Å²) < 4.78 is 37.6. The molecule has 0 aromatic heterocycles. The van der Waals surface area contributed by atoms with Gasteiger partial charge in [0.15, 0.2) is 0 Å². The number of carbonyl (C=O) groups excluding carboxylic acids is 1. The van der Waals surface area contributed by atoms with Crippen molar-refractivity contribution in [1.82, 2.24) is 10.2 Å². The molecule has 1 aliphatic heterocycles. The molecule has 0 radical (unpaired) electrons. The number of likely N-dealkylation sites (tertiary alicyclic amines) is 1. The first-order valence-electron chi connectivity index (χ1n) is 9.12. The van der Waals surface area contributed by atoms with Crippen LogP contribution >= 0.6 is 0 Å². The van der Waals surface area contributed by atoms with Crippen LogP contribution in [0.3, 0.4) is 0 Å². The van der Waals surface area contributed by atoms with Crippen LogP contribution in [-0.4, -0.2) is 46.7 Å². The molecular weight excluding hydrogens is 361 g/mol. The van der Waals surface area contributed by atoms with Crippen molar-refractivity contribution < 1.29 is 27.9 Å². The maximum atomic E-state index is 12.6. The number of benzene rings is 1. The first kappa shape index (κ1) is 19.7. The number of carboxylic acids is 1. The van der Waals surface area contributed by atoms with Gasteiger partial charge in [0.05, 0.1) is 12.0 Å². The van der Waals surface area contributed by atoms with Crippen LogP contribution in [0.5, 0.6) is 0 Å². The lowest BCUT2D eigenvalue weighted by atomic mass is 9.74. The highest BCUT2D eigenvalue weighted by atomic mass is 19.4. The fraction of sp³-hybridized carbons (Fsp3) is 0.579. The van der Waals surface area contributed by atoms with Crippen molar-refractivity contribution in [3.63, 3.8) is 0 Å². The van der Waals surface area contributed by atoms with E-state index in [1.54, 1.807) is 4.90 Å². The summed E-state index contributed by atoms with van der Waals surface area (Å²) in [4.78, 5) is 25.8. The summed E-state index contributed by atoms with van der Waals surface area (Å²) in [5.74, 6) is -2.70. The molecule has 148 valence electrons. The van der Waals surface area contributed by atoms with Gasteiger partial charge in [-0.3, -0.25) is 14.5 Å². The fourth-order valence-electron chi connectivity index (χ4n) is 3.96. The van der Waals surface area contributed by atoms with Gasteiger partial charge in [-0.25, -0.2) is 0 Å². The molecule has 2 aliphatic rings. The number of hydrogen-bond donors (Lipinski definition) is 2. The monoisotopic (exact) mass is 384 g/mol. The molecule has 0 spiro atoms. The first-order valence-corrected chi connectivity index (χ1v) is 9.12. The second-order valence-corrected chi connectivity index (χ2v) is 7.43. The zero-order chi connectivity index (χ0) is 19.6. The number of nitrogens with one attached hydrogen (secondary N) is 1. The van der Waals surface area contributed by atoms with Gasteiger partial charge in [-0.1, -0.05) is 30.3 Å². The smallest absolute Gasteiger partial charge is 0.391 e. The van der Waals surface area contributed by atoms with Crippen LogP contribution < -0.4 is 5.32 Å². The lowest BCUT2D eigenvalue weighted by Crippen LogP contribution is -2.49. The maximum Gasteiger partial charge on any atom is 0.391 e. The highest BCUT2D eigenvalue weighted by Gasteiger charge is 2.48. The van der Waals surface area contributed by atoms with E-state index in [9.17, 15) is 27.9 Å². The van der Waals surface area contributed by atoms with Crippen molar-refractivity contribution in [2.24, 2.45) is 11.8 Å². The zero-order valence-corrected chi connectivity index (χ0v) is 14.8. The Morgan fingerprint density at radius 1 is 1.11 bits per heavy atom. The normalized spacial score (nSPS) is 28.6. The summed E-state index contributed by atoms with van der Waals surface area (Å²) in [7, 11) is 0. The van der Waals surface area contributed by atoms with Gasteiger partial charge in [0.25, 0.3) is 0 Å². The van der Waals surface area contributed by atoms with E-state index < -0.39 is 30.1 Å². The molecule has 27 heavy (non-hydrogen) atoms. The Morgan fingerprint density at radius 3 is 2.33 bits per heavy atom. The van der Waals surface area contributed by atoms with Crippen molar-refractivity contribution in [2.45, 2.75) is 50.5 Å². The van der Waals surface area contributed by atoms with E-state index in [-0.39, 0.29) is 31.2 Å². The summed E-state index contributed by atoms with van der Waals surface area (Å²) in [6, 6.07) is 7.99. The molecule has 1 heterocycles. The fourth-order valence-corrected chi connectivity index (χ4v) is 3.96. The minimum atomic E-state index is -4.16. The minimum Gasteiger partial charge on any atom is -0.480 e. The molecule has 0 unspecified atom stereocenters. The van der Waals surface area contributed by atoms with Crippen LogP contribution in [-0.2, 0) is 16.1 Å². The lowest BCUT2D eigenvalue weighted by Gasteiger charge is -2.37. The van der Waals surface area contributed by atoms with Gasteiger partial charge in [0.2, 0.25) is 5.91 Å². The van der Waals surface area contributed by atoms with E-state index >= 15 is 0 Å². The molecular formula is C19H23F3N2O3. The number of hydrogen-bond acceptors (Lipinski definition) is 3. The van der Waals surface area contributed by atoms with Crippen molar-refractivity contribution in [3.8, 4) is 0 Å². The number of amides is 1. The number of carbonyl (C=O) groups is 2. The predicted octanol–water partition coefficient (Wildman–Crippen LogP) is 2.81. The third-order valence-electron chi connectivity index (χ3n) is 5.57. The van der Waals surface area contributed by atoms with Gasteiger partial charge in [-0.2, -0.15) is 13.2 Å². The standard InChI is InChI=1S/C19H23F3N2O3/c20-19(21,22)14-8-13(9-14)10-23-17(25)15-6-7-16(18(26)27)24(15)11-12-4-2-1-3-5-12/h1-5,13-16H,6-11H2,(H,23,25)(H,26,27)/t13?,14?,15-,16+/m1/s1. The molecule has 1 aromatic carbocycles. The van der Waals surface area contributed by atoms with E-state index in [1.165, 1.54) is 0 Å². The number of alkyl halides is 3. The molecule has 1 saturated heterocycles. The van der Waals surface area contributed by atoms with E-state index in [1.807, 2.05) is 30.3 Å². The Balaban J connectivity index is 1.57. The average Bonchev–Trinajstić information content (AvgIpc) is 2.96. The molecule has 3 rings (SSSR count). The Hall–Kier alpha value is -2.09. The number of halogens is 3. The summed E-state index contributed by atoms with van der Waals surface area (Å²) in [6.45, 7) is 0.550. The molecule has 8 heteroatoms. The largest absolute Gasteiger partial charge is 0.480 e. The van der Waals surface area contributed by atoms with Crippen molar-refractivity contribution in [1.29, 1.82) is 0 Å². The molecule has 1 saturated carbocycles. The second-order valence-electron chi connectivity index (χ2n) is 7.43. The molecule has 2 fully saturated rings. The molecule has 1 amide bonds. The summed E-state index contributed by atoms with van der Waals surface area (Å²) in [5, 5.41) is 12.2. The first-order chi connectivity index (χ1) is 12.8. The molecule has 0 bridgehead atoms. The van der Waals surface area contributed by atoms with Crippen LogP contribution in [0.4, 0.5) is 13.2 Å². The van der Waals surface area contributed by atoms with Crippen molar-refractivity contribution >= 4 is 11.9 Å². The van der Waals surface area contributed by atoms with Crippen LogP contribution in [0.2, 0.25) is 0 Å². The summed E-state index contributed by atoms with van der Waals surface area (Å²) >= 11 is 0. The average molecular weight is 384 g/mol. The van der Waals surface area contributed by atoms with Crippen LogP contribution in [0.1, 0.15) is 31.2 Å². The van der Waals surface area contributed by atoms with E-state index in [0.29, 0.717) is 19.4 Å². The van der Waals surface area contributed by atoms with E-state index in [2.05, 4.69) is 5.32 Å². The topological polar surface area (TPSA) is 69.6 Å². The highest BCUT2D eigenvalue weighted by molar-refractivity contribution is 5.84. The molecule has 2 atom stereocenters. The van der Waals surface area contributed by atoms with Gasteiger partial charge < -0.3 is 10.4 Å². The van der Waals surface area contributed by atoms with Crippen molar-refractivity contribution in [3.05, 3.63) is 35.9 Å². The van der Waals surface area contributed by atoms with E-state index in [4.69, 9.17) is 0 Å². The summed E-state index contributed by atoms with van der Waals surface area (Å²) in [5.41, 5.74) is 0.912. The maximum absolute atomic E-state index is 12.6. The number of aliphatic carboxylic acids is 1. The number of rotatable bonds is 6. The Bertz CT molecular complexity index is 675. The third kappa shape index (κ3) is 4.61. The molecule has 2 N–H and O–H groups in total. The molecule has 1 aliphatic carbocycles. The molecule has 1 aromatic rings. The summed E-state index contributed by atoms with van der Waals surface area (Å²) in [6.07, 6.45) is -3.28. The minimum absolute atomic E-state index is 0.0416. The van der Waals surface area contributed by atoms with Gasteiger partial charge in [0.1, 0.15) is 6.04 Å². The zero-order valence-electron chi connectivity index (χ0n) is 14.8. The van der Waals surface area contributed by atoms with Crippen LogP contribution in [0.15, 0.2) is 30.3 Å². The lowest BCUT2D eigenvalue weighted by molar-refractivity contribution is -0.204. The SMILES string of the molecule is O=C(NCC1CC(C(F)(F)F)C1)[C@H]1CC[C@@H](C(=O)O)N1Cc1ccccc1. The number of carboxylic acid groups (broad SMARTS) is 1. The van der Waals surface area contributed by atoms with Gasteiger partial charge in [-0.15, -0.1) is 0 Å². The Labute approximate surface area is 155 Å². The predicted molar refractivity (Wildman–Crippen MR) is 91.7 cm³/mol. The van der Waals surface area contributed by atoms with Crippen LogP contribution in [0.25, 0.3) is 0 Å². The van der Waals surface area contributed by atoms with Crippen molar-refractivity contribution in [2.75, 3.05) is 6.54 Å².